The minimum absolute atomic E-state index is 0.161. The van der Waals surface area contributed by atoms with Crippen LogP contribution in [-0.4, -0.2) is 32.1 Å². The van der Waals surface area contributed by atoms with Crippen LogP contribution in [0.25, 0.3) is 0 Å². The van der Waals surface area contributed by atoms with E-state index in [1.807, 2.05) is 31.2 Å². The number of nitrogens with one attached hydrogen (secondary N) is 3. The van der Waals surface area contributed by atoms with Crippen molar-refractivity contribution < 1.29 is 14.3 Å². The topological polar surface area (TPSA) is 79.5 Å². The van der Waals surface area contributed by atoms with E-state index in [1.165, 1.54) is 0 Å². The molecule has 0 heterocycles. The van der Waals surface area contributed by atoms with Crippen molar-refractivity contribution in [3.05, 3.63) is 59.7 Å². The highest BCUT2D eigenvalue weighted by molar-refractivity contribution is 5.94. The summed E-state index contributed by atoms with van der Waals surface area (Å²) in [5.41, 5.74) is 2.21. The number of hydrogen-bond donors (Lipinski definition) is 3. The second-order valence-electron chi connectivity index (χ2n) is 5.21. The molecule has 3 amide bonds. The van der Waals surface area contributed by atoms with Gasteiger partial charge >= 0.3 is 6.03 Å². The van der Waals surface area contributed by atoms with Crippen LogP contribution in [0.4, 0.5) is 10.5 Å². The van der Waals surface area contributed by atoms with Gasteiger partial charge in [0.25, 0.3) is 5.91 Å². The summed E-state index contributed by atoms with van der Waals surface area (Å²) in [6, 6.07) is 14.1. The summed E-state index contributed by atoms with van der Waals surface area (Å²) in [5.74, 6) is 0.422. The molecule has 0 bridgehead atoms. The lowest BCUT2D eigenvalue weighted by atomic mass is 10.1. The fourth-order valence-corrected chi connectivity index (χ4v) is 2.15. The number of ether oxygens (including phenoxy) is 1. The number of hydrogen-bond acceptors (Lipinski definition) is 3. The fourth-order valence-electron chi connectivity index (χ4n) is 2.15. The Kier molecular flexibility index (Phi) is 6.19. The molecular weight excluding hydrogens is 306 g/mol. The van der Waals surface area contributed by atoms with Crippen molar-refractivity contribution in [3.63, 3.8) is 0 Å². The van der Waals surface area contributed by atoms with Crippen molar-refractivity contribution in [1.29, 1.82) is 0 Å². The van der Waals surface area contributed by atoms with Gasteiger partial charge in [0.15, 0.2) is 0 Å². The average Bonchev–Trinajstić information content (AvgIpc) is 2.59. The van der Waals surface area contributed by atoms with Gasteiger partial charge in [-0.3, -0.25) is 4.79 Å². The second-order valence-corrected chi connectivity index (χ2v) is 5.21. The van der Waals surface area contributed by atoms with Gasteiger partial charge in [-0.05, 0) is 31.2 Å². The molecule has 0 radical (unpaired) electrons. The number of carbonyl (C=O) groups excluding carboxylic acids is 2. The van der Waals surface area contributed by atoms with Gasteiger partial charge in [0.05, 0.1) is 12.8 Å². The van der Waals surface area contributed by atoms with Crippen LogP contribution in [0.1, 0.15) is 15.9 Å². The van der Waals surface area contributed by atoms with E-state index >= 15 is 0 Å². The molecule has 0 saturated heterocycles. The van der Waals surface area contributed by atoms with Gasteiger partial charge in [0, 0.05) is 18.7 Å². The van der Waals surface area contributed by atoms with E-state index in [-0.39, 0.29) is 11.9 Å². The molecule has 0 aromatic heterocycles. The van der Waals surface area contributed by atoms with Crippen molar-refractivity contribution in [2.75, 3.05) is 25.5 Å². The van der Waals surface area contributed by atoms with Gasteiger partial charge in [-0.25, -0.2) is 4.79 Å². The Bertz CT molecular complexity index is 716. The summed E-state index contributed by atoms with van der Waals surface area (Å²) in [7, 11) is 1.54. The zero-order valence-corrected chi connectivity index (χ0v) is 13.8. The minimum Gasteiger partial charge on any atom is -0.495 e. The van der Waals surface area contributed by atoms with Crippen LogP contribution in [0.3, 0.4) is 0 Å². The Labute approximate surface area is 141 Å². The number of benzene rings is 2. The quantitative estimate of drug-likeness (QED) is 0.713. The van der Waals surface area contributed by atoms with Crippen LogP contribution < -0.4 is 20.7 Å². The van der Waals surface area contributed by atoms with Gasteiger partial charge < -0.3 is 20.7 Å². The number of anilines is 1. The normalized spacial score (nSPS) is 9.92. The first-order valence-corrected chi connectivity index (χ1v) is 7.63. The largest absolute Gasteiger partial charge is 0.495 e. The lowest BCUT2D eigenvalue weighted by Crippen LogP contribution is -2.36. The third-order valence-corrected chi connectivity index (χ3v) is 3.33. The van der Waals surface area contributed by atoms with Crippen LogP contribution >= 0.6 is 0 Å². The van der Waals surface area contributed by atoms with Crippen molar-refractivity contribution in [1.82, 2.24) is 10.6 Å². The van der Waals surface area contributed by atoms with E-state index in [0.717, 1.165) is 5.56 Å². The number of amides is 3. The Balaban J connectivity index is 1.74. The first-order chi connectivity index (χ1) is 11.6. The van der Waals surface area contributed by atoms with E-state index in [2.05, 4.69) is 16.0 Å². The molecule has 0 fully saturated rings. The number of urea groups is 1. The molecule has 0 aliphatic heterocycles. The molecule has 2 aromatic carbocycles. The molecule has 24 heavy (non-hydrogen) atoms. The molecule has 0 aliphatic carbocycles. The van der Waals surface area contributed by atoms with Gasteiger partial charge in [0.2, 0.25) is 0 Å². The summed E-state index contributed by atoms with van der Waals surface area (Å²) in [6.45, 7) is 2.59. The summed E-state index contributed by atoms with van der Waals surface area (Å²) in [5, 5.41) is 8.14. The Hall–Kier alpha value is -3.02. The Morgan fingerprint density at radius 2 is 1.75 bits per heavy atom. The molecule has 0 atom stereocenters. The zero-order valence-electron chi connectivity index (χ0n) is 13.8. The monoisotopic (exact) mass is 327 g/mol. The summed E-state index contributed by atoms with van der Waals surface area (Å²) in [4.78, 5) is 23.8. The number of rotatable bonds is 6. The maximum atomic E-state index is 12.0. The van der Waals surface area contributed by atoms with Gasteiger partial charge in [-0.15, -0.1) is 0 Å². The molecule has 0 unspecified atom stereocenters. The smallest absolute Gasteiger partial charge is 0.319 e. The summed E-state index contributed by atoms with van der Waals surface area (Å²) >= 11 is 0. The molecule has 6 nitrogen and oxygen atoms in total. The first-order valence-electron chi connectivity index (χ1n) is 7.63. The van der Waals surface area contributed by atoms with Gasteiger partial charge in [-0.1, -0.05) is 29.8 Å². The summed E-state index contributed by atoms with van der Waals surface area (Å²) < 4.78 is 5.16. The standard InChI is InChI=1S/C18H21N3O3/c1-13-6-5-7-14(12-13)17(22)19-10-11-20-18(23)21-15-8-3-4-9-16(15)24-2/h3-9,12H,10-11H2,1-2H3,(H,19,22)(H2,20,21,23). The lowest BCUT2D eigenvalue weighted by Gasteiger charge is -2.11. The maximum absolute atomic E-state index is 12.0. The maximum Gasteiger partial charge on any atom is 0.319 e. The molecule has 2 aromatic rings. The van der Waals surface area contributed by atoms with Crippen LogP contribution in [0.5, 0.6) is 5.75 Å². The molecule has 6 heteroatoms. The molecule has 0 saturated carbocycles. The molecule has 3 N–H and O–H groups in total. The van der Waals surface area contributed by atoms with Crippen molar-refractivity contribution in [3.8, 4) is 5.75 Å². The third kappa shape index (κ3) is 5.01. The van der Waals surface area contributed by atoms with Crippen molar-refractivity contribution >= 4 is 17.6 Å². The predicted molar refractivity (Wildman–Crippen MR) is 93.5 cm³/mol. The van der Waals surface area contributed by atoms with Gasteiger partial charge in [0.1, 0.15) is 5.75 Å². The lowest BCUT2D eigenvalue weighted by molar-refractivity contribution is 0.0954. The molecule has 0 aliphatic rings. The number of aryl methyl sites for hydroxylation is 1. The van der Waals surface area contributed by atoms with Crippen LogP contribution in [0, 0.1) is 6.92 Å². The fraction of sp³-hybridized carbons (Fsp3) is 0.222. The molecule has 2 rings (SSSR count). The molecule has 0 spiro atoms. The summed E-state index contributed by atoms with van der Waals surface area (Å²) in [6.07, 6.45) is 0. The predicted octanol–water partition coefficient (Wildman–Crippen LogP) is 2.56. The van der Waals surface area contributed by atoms with Gasteiger partial charge in [-0.2, -0.15) is 0 Å². The third-order valence-electron chi connectivity index (χ3n) is 3.33. The highest BCUT2D eigenvalue weighted by atomic mass is 16.5. The van der Waals surface area contributed by atoms with Crippen LogP contribution in [0.15, 0.2) is 48.5 Å². The van der Waals surface area contributed by atoms with E-state index < -0.39 is 0 Å². The Morgan fingerprint density at radius 3 is 2.50 bits per heavy atom. The van der Waals surface area contributed by atoms with Crippen molar-refractivity contribution in [2.24, 2.45) is 0 Å². The zero-order chi connectivity index (χ0) is 17.4. The molecular formula is C18H21N3O3. The molecule has 126 valence electrons. The van der Waals surface area contributed by atoms with E-state index in [4.69, 9.17) is 4.74 Å². The van der Waals surface area contributed by atoms with Crippen molar-refractivity contribution in [2.45, 2.75) is 6.92 Å². The number of carbonyl (C=O) groups is 2. The first kappa shape index (κ1) is 17.3. The van der Waals surface area contributed by atoms with E-state index in [9.17, 15) is 9.59 Å². The van der Waals surface area contributed by atoms with E-state index in [1.54, 1.807) is 31.4 Å². The van der Waals surface area contributed by atoms with Crippen LogP contribution in [0.2, 0.25) is 0 Å². The number of methoxy groups -OCH3 is 1. The highest BCUT2D eigenvalue weighted by Crippen LogP contribution is 2.22. The number of para-hydroxylation sites is 2. The average molecular weight is 327 g/mol. The minimum atomic E-state index is -0.357. The van der Waals surface area contributed by atoms with Crippen LogP contribution in [-0.2, 0) is 0 Å². The Morgan fingerprint density at radius 1 is 1.00 bits per heavy atom. The SMILES string of the molecule is COc1ccccc1NC(=O)NCCNC(=O)c1cccc(C)c1. The second kappa shape index (κ2) is 8.57. The highest BCUT2D eigenvalue weighted by Gasteiger charge is 2.07. The van der Waals surface area contributed by atoms with E-state index in [0.29, 0.717) is 30.1 Å².